The first kappa shape index (κ1) is 19.2. The van der Waals surface area contributed by atoms with Gasteiger partial charge in [-0.25, -0.2) is 0 Å². The van der Waals surface area contributed by atoms with Crippen LogP contribution in [-0.4, -0.2) is 30.3 Å². The van der Waals surface area contributed by atoms with Crippen molar-refractivity contribution in [2.75, 3.05) is 26.1 Å². The largest absolute Gasteiger partial charge is 0.493 e. The highest BCUT2D eigenvalue weighted by Crippen LogP contribution is 2.36. The average molecular weight is 327 g/mol. The number of hydrogen-bond donors (Lipinski definition) is 0. The summed E-state index contributed by atoms with van der Waals surface area (Å²) < 4.78 is 22.7. The summed E-state index contributed by atoms with van der Waals surface area (Å²) >= 11 is 0. The Labute approximate surface area is 137 Å². The highest BCUT2D eigenvalue weighted by atomic mass is 32.2. The van der Waals surface area contributed by atoms with Gasteiger partial charge >= 0.3 is 0 Å². The van der Waals surface area contributed by atoms with Crippen LogP contribution in [0.15, 0.2) is 24.3 Å². The fourth-order valence-electron chi connectivity index (χ4n) is 2.06. The van der Waals surface area contributed by atoms with Crippen LogP contribution in [0.3, 0.4) is 0 Å². The second-order valence-corrected chi connectivity index (χ2v) is 7.69. The Bertz CT molecular complexity index is 464. The molecular formula is C18H30O3S. The molecule has 0 aliphatic carbocycles. The molecule has 0 aromatic heterocycles. The van der Waals surface area contributed by atoms with Crippen molar-refractivity contribution in [1.29, 1.82) is 0 Å². The van der Waals surface area contributed by atoms with Gasteiger partial charge in [-0.1, -0.05) is 46.8 Å². The molecule has 0 spiro atoms. The maximum atomic E-state index is 11.9. The van der Waals surface area contributed by atoms with Crippen molar-refractivity contribution in [3.8, 4) is 5.75 Å². The predicted octanol–water partition coefficient (Wildman–Crippen LogP) is 3.99. The van der Waals surface area contributed by atoms with Crippen LogP contribution in [0.1, 0.15) is 40.2 Å². The fraction of sp³-hybridized carbons (Fsp3) is 0.667. The van der Waals surface area contributed by atoms with Gasteiger partial charge in [0.2, 0.25) is 0 Å². The van der Waals surface area contributed by atoms with Crippen molar-refractivity contribution in [3.05, 3.63) is 29.8 Å². The van der Waals surface area contributed by atoms with Gasteiger partial charge in [-0.2, -0.15) is 0 Å². The molecule has 1 heterocycles. The van der Waals surface area contributed by atoms with Crippen LogP contribution in [0.25, 0.3) is 0 Å². The molecule has 2 rings (SSSR count). The van der Waals surface area contributed by atoms with E-state index in [-0.39, 0.29) is 4.75 Å². The summed E-state index contributed by atoms with van der Waals surface area (Å²) in [4.78, 5) is 0. The molecule has 1 fully saturated rings. The second kappa shape index (κ2) is 8.68. The van der Waals surface area contributed by atoms with E-state index in [2.05, 4.69) is 20.8 Å². The topological polar surface area (TPSA) is 35.5 Å². The lowest BCUT2D eigenvalue weighted by molar-refractivity contribution is -0.0132. The third-order valence-corrected chi connectivity index (χ3v) is 5.82. The third kappa shape index (κ3) is 4.32. The van der Waals surface area contributed by atoms with Gasteiger partial charge in [0.15, 0.2) is 0 Å². The van der Waals surface area contributed by atoms with E-state index >= 15 is 0 Å². The maximum Gasteiger partial charge on any atom is 0.119 e. The molecule has 1 aliphatic rings. The van der Waals surface area contributed by atoms with Crippen molar-refractivity contribution < 1.29 is 13.7 Å². The van der Waals surface area contributed by atoms with E-state index in [0.29, 0.717) is 25.0 Å². The van der Waals surface area contributed by atoms with Gasteiger partial charge in [-0.15, -0.1) is 0 Å². The lowest BCUT2D eigenvalue weighted by Gasteiger charge is -2.39. The van der Waals surface area contributed by atoms with Crippen LogP contribution in [0, 0.1) is 11.8 Å². The zero-order chi connectivity index (χ0) is 16.8. The maximum absolute atomic E-state index is 11.9. The number of hydrogen-bond acceptors (Lipinski definition) is 3. The highest BCUT2D eigenvalue weighted by molar-refractivity contribution is 7.85. The van der Waals surface area contributed by atoms with E-state index in [1.807, 2.05) is 38.1 Å². The van der Waals surface area contributed by atoms with E-state index in [4.69, 9.17) is 9.47 Å². The third-order valence-electron chi connectivity index (χ3n) is 4.25. The molecule has 0 N–H and O–H groups in total. The molecule has 126 valence electrons. The quantitative estimate of drug-likeness (QED) is 0.793. The van der Waals surface area contributed by atoms with Gasteiger partial charge in [-0.3, -0.25) is 4.21 Å². The molecule has 0 amide bonds. The molecule has 1 aliphatic heterocycles. The van der Waals surface area contributed by atoms with Crippen LogP contribution in [0.5, 0.6) is 5.75 Å². The van der Waals surface area contributed by atoms with Gasteiger partial charge in [-0.05, 0) is 29.5 Å². The summed E-state index contributed by atoms with van der Waals surface area (Å²) in [5, 5.41) is 0. The Morgan fingerprint density at radius 2 is 1.73 bits per heavy atom. The Balaban J connectivity index is 0.00000116. The van der Waals surface area contributed by atoms with Crippen molar-refractivity contribution >= 4 is 10.8 Å². The monoisotopic (exact) mass is 326 g/mol. The first-order chi connectivity index (χ1) is 10.5. The molecule has 0 bridgehead atoms. The normalized spacial score (nSPS) is 18.7. The minimum Gasteiger partial charge on any atom is -0.493 e. The van der Waals surface area contributed by atoms with Gasteiger partial charge in [0.25, 0.3) is 0 Å². The van der Waals surface area contributed by atoms with Crippen LogP contribution in [0.4, 0.5) is 0 Å². The Hall–Kier alpha value is -0.870. The summed E-state index contributed by atoms with van der Waals surface area (Å²) in [6, 6.07) is 7.96. The van der Waals surface area contributed by atoms with Gasteiger partial charge in [0.1, 0.15) is 10.5 Å². The summed E-state index contributed by atoms with van der Waals surface area (Å²) in [6.45, 7) is 12.4. The summed E-state index contributed by atoms with van der Waals surface area (Å²) in [5.41, 5.74) is 1.08. The molecule has 3 nitrogen and oxygen atoms in total. The lowest BCUT2D eigenvalue weighted by atomic mass is 9.96. The van der Waals surface area contributed by atoms with E-state index in [0.717, 1.165) is 17.9 Å². The van der Waals surface area contributed by atoms with E-state index in [1.165, 1.54) is 0 Å². The molecule has 0 saturated carbocycles. The molecule has 22 heavy (non-hydrogen) atoms. The van der Waals surface area contributed by atoms with Gasteiger partial charge < -0.3 is 9.47 Å². The standard InChI is InChI=1S/C16H24O3S.C2H6/c1-12(2)13(3)9-19-15-7-5-14(6-8-15)16(20(4)17)10-18-11-16;1-2/h5-8,12-13H,9-11H2,1-4H3;1-2H3. The van der Waals surface area contributed by atoms with Crippen LogP contribution < -0.4 is 4.74 Å². The fourth-order valence-corrected chi connectivity index (χ4v) is 3.03. The number of ether oxygens (including phenoxy) is 2. The number of benzene rings is 1. The summed E-state index contributed by atoms with van der Waals surface area (Å²) in [6.07, 6.45) is 1.75. The van der Waals surface area contributed by atoms with Crippen molar-refractivity contribution in [1.82, 2.24) is 0 Å². The SMILES string of the molecule is CC.CC(C)C(C)COc1ccc(C2(S(C)=O)COC2)cc1. The second-order valence-electron chi connectivity index (χ2n) is 6.00. The molecule has 2 unspecified atom stereocenters. The molecule has 1 aromatic rings. The van der Waals surface area contributed by atoms with E-state index < -0.39 is 10.8 Å². The number of rotatable bonds is 6. The molecule has 1 saturated heterocycles. The molecule has 4 heteroatoms. The lowest BCUT2D eigenvalue weighted by Crippen LogP contribution is -2.49. The molecular weight excluding hydrogens is 296 g/mol. The summed E-state index contributed by atoms with van der Waals surface area (Å²) in [5.74, 6) is 2.02. The van der Waals surface area contributed by atoms with Gasteiger partial charge in [0, 0.05) is 17.1 Å². The minimum atomic E-state index is -0.923. The molecule has 1 aromatic carbocycles. The zero-order valence-corrected chi connectivity index (χ0v) is 15.5. The Kier molecular flexibility index (Phi) is 7.57. The van der Waals surface area contributed by atoms with Crippen molar-refractivity contribution in [2.45, 2.75) is 39.4 Å². The first-order valence-electron chi connectivity index (χ1n) is 8.10. The van der Waals surface area contributed by atoms with Crippen LogP contribution in [-0.2, 0) is 20.3 Å². The Morgan fingerprint density at radius 1 is 1.18 bits per heavy atom. The predicted molar refractivity (Wildman–Crippen MR) is 93.9 cm³/mol. The molecule has 0 radical (unpaired) electrons. The van der Waals surface area contributed by atoms with Crippen LogP contribution in [0.2, 0.25) is 0 Å². The molecule has 2 atom stereocenters. The first-order valence-corrected chi connectivity index (χ1v) is 9.66. The van der Waals surface area contributed by atoms with Gasteiger partial charge in [0.05, 0.1) is 19.8 Å². The van der Waals surface area contributed by atoms with E-state index in [1.54, 1.807) is 6.26 Å². The average Bonchev–Trinajstić information content (AvgIpc) is 2.46. The zero-order valence-electron chi connectivity index (χ0n) is 14.7. The Morgan fingerprint density at radius 3 is 2.09 bits per heavy atom. The van der Waals surface area contributed by atoms with Crippen molar-refractivity contribution in [2.24, 2.45) is 11.8 Å². The van der Waals surface area contributed by atoms with E-state index in [9.17, 15) is 4.21 Å². The highest BCUT2D eigenvalue weighted by Gasteiger charge is 2.44. The van der Waals surface area contributed by atoms with Crippen molar-refractivity contribution in [3.63, 3.8) is 0 Å². The minimum absolute atomic E-state index is 0.316. The summed E-state index contributed by atoms with van der Waals surface area (Å²) in [7, 11) is -0.923. The van der Waals surface area contributed by atoms with Crippen LogP contribution >= 0.6 is 0 Å². The smallest absolute Gasteiger partial charge is 0.119 e.